The molecule has 1 saturated heterocycles. The van der Waals surface area contributed by atoms with Crippen molar-refractivity contribution in [2.75, 3.05) is 13.2 Å². The van der Waals surface area contributed by atoms with Crippen molar-refractivity contribution in [3.8, 4) is 0 Å². The number of aromatic nitrogens is 7. The second kappa shape index (κ2) is 8.37. The molecule has 6 heterocycles. The van der Waals surface area contributed by atoms with Gasteiger partial charge in [-0.25, -0.2) is 14.6 Å². The molecule has 1 aliphatic carbocycles. The lowest BCUT2D eigenvalue weighted by Gasteiger charge is -2.37. The van der Waals surface area contributed by atoms with Gasteiger partial charge in [0.05, 0.1) is 55.7 Å². The largest absolute Gasteiger partial charge is 0.380 e. The molecule has 2 aliphatic rings. The van der Waals surface area contributed by atoms with Crippen molar-refractivity contribution in [1.29, 1.82) is 0 Å². The van der Waals surface area contributed by atoms with Gasteiger partial charge in [0, 0.05) is 29.2 Å². The molecule has 0 radical (unpaired) electrons. The van der Waals surface area contributed by atoms with E-state index >= 15 is 0 Å². The van der Waals surface area contributed by atoms with Crippen LogP contribution in [0.2, 0.25) is 5.02 Å². The van der Waals surface area contributed by atoms with E-state index in [0.717, 1.165) is 29.6 Å². The maximum absolute atomic E-state index is 12.7. The number of aliphatic hydroxyl groups is 1. The molecule has 12 heteroatoms. The first-order chi connectivity index (χ1) is 17.9. The van der Waals surface area contributed by atoms with Gasteiger partial charge in [0.25, 0.3) is 5.91 Å². The number of nitrogens with zero attached hydrogens (tertiary/aromatic N) is 7. The Morgan fingerprint density at radius 2 is 2.08 bits per heavy atom. The topological polar surface area (TPSA) is 124 Å². The van der Waals surface area contributed by atoms with E-state index in [1.165, 1.54) is 5.56 Å². The van der Waals surface area contributed by atoms with Gasteiger partial charge in [0.1, 0.15) is 11.2 Å². The molecule has 2 fully saturated rings. The first-order valence-electron chi connectivity index (χ1n) is 12.1. The molecule has 188 valence electrons. The molecular weight excluding hydrogens is 496 g/mol. The van der Waals surface area contributed by atoms with Crippen molar-refractivity contribution in [3.63, 3.8) is 0 Å². The van der Waals surface area contributed by atoms with Crippen LogP contribution in [0.25, 0.3) is 11.2 Å². The van der Waals surface area contributed by atoms with Gasteiger partial charge in [-0.3, -0.25) is 4.79 Å². The fourth-order valence-corrected chi connectivity index (χ4v) is 4.89. The van der Waals surface area contributed by atoms with Crippen LogP contribution >= 0.6 is 11.6 Å². The summed E-state index contributed by atoms with van der Waals surface area (Å²) in [5.74, 6) is 0.181. The van der Waals surface area contributed by atoms with Crippen molar-refractivity contribution >= 4 is 28.7 Å². The Kier molecular flexibility index (Phi) is 5.07. The highest BCUT2D eigenvalue weighted by molar-refractivity contribution is 6.30. The van der Waals surface area contributed by atoms with E-state index in [1.54, 1.807) is 29.3 Å². The van der Waals surface area contributed by atoms with E-state index in [1.807, 2.05) is 21.2 Å². The van der Waals surface area contributed by atoms with Crippen LogP contribution in [0.5, 0.6) is 0 Å². The molecule has 5 aromatic rings. The smallest absolute Gasteiger partial charge is 0.273 e. The number of hydrogen-bond acceptors (Lipinski definition) is 7. The minimum Gasteiger partial charge on any atom is -0.380 e. The summed E-state index contributed by atoms with van der Waals surface area (Å²) in [5, 5.41) is 22.6. The summed E-state index contributed by atoms with van der Waals surface area (Å²) in [7, 11) is 0. The predicted molar refractivity (Wildman–Crippen MR) is 132 cm³/mol. The number of halogens is 1. The number of ether oxygens (including phenoxy) is 1. The zero-order valence-electron chi connectivity index (χ0n) is 19.7. The molecule has 11 nitrogen and oxygen atoms in total. The summed E-state index contributed by atoms with van der Waals surface area (Å²) in [5.41, 5.74) is 4.16. The third-order valence-corrected chi connectivity index (χ3v) is 7.18. The Balaban J connectivity index is 1.09. The zero-order chi connectivity index (χ0) is 25.1. The van der Waals surface area contributed by atoms with Crippen LogP contribution in [-0.2, 0) is 23.4 Å². The molecule has 0 atom stereocenters. The van der Waals surface area contributed by atoms with Gasteiger partial charge in [-0.2, -0.15) is 0 Å². The first kappa shape index (κ1) is 22.4. The van der Waals surface area contributed by atoms with Crippen LogP contribution in [0.3, 0.4) is 0 Å². The number of hydrogen-bond donors (Lipinski definition) is 2. The van der Waals surface area contributed by atoms with Crippen molar-refractivity contribution in [3.05, 3.63) is 82.5 Å². The first-order valence-corrected chi connectivity index (χ1v) is 12.4. The second-order valence-corrected chi connectivity index (χ2v) is 10.2. The van der Waals surface area contributed by atoms with Crippen LogP contribution in [0.15, 0.2) is 49.3 Å². The Morgan fingerprint density at radius 3 is 2.86 bits per heavy atom. The Bertz CT molecular complexity index is 1660. The summed E-state index contributed by atoms with van der Waals surface area (Å²) in [6.07, 6.45) is 11.4. The quantitative estimate of drug-likeness (QED) is 0.339. The van der Waals surface area contributed by atoms with Gasteiger partial charge in [-0.1, -0.05) is 16.8 Å². The molecule has 0 unspecified atom stereocenters. The minimum absolute atomic E-state index is 0.197. The third-order valence-electron chi connectivity index (χ3n) is 6.95. The normalized spacial score (nSPS) is 16.8. The standard InChI is InChI=1S/C25H23ClN8O3/c26-17-3-4-32-14-28-20(22(32)6-17)7-27-24(35)21-11-34(31-30-21)10-18-9-33-8-16(15-1-2-15)5-19(23(33)29-18)25(36)12-37-13-25/h3-6,8-9,11,14-15,36H,1-2,7,10,12-13H2,(H,27,35). The van der Waals surface area contributed by atoms with Gasteiger partial charge in [0.15, 0.2) is 5.69 Å². The SMILES string of the molecule is O=C(NCc1ncn2ccc(Cl)cc12)c1cn(Cc2cn3cc(C4CC4)cc(C4(O)COC4)c3n2)nn1. The van der Waals surface area contributed by atoms with Crippen LogP contribution < -0.4 is 5.32 Å². The van der Waals surface area contributed by atoms with E-state index in [2.05, 4.69) is 32.9 Å². The minimum atomic E-state index is -1.01. The van der Waals surface area contributed by atoms with Gasteiger partial charge in [-0.15, -0.1) is 5.10 Å². The number of amides is 1. The molecule has 0 bridgehead atoms. The molecular formula is C25H23ClN8O3. The summed E-state index contributed by atoms with van der Waals surface area (Å²) in [6, 6.07) is 5.65. The lowest BCUT2D eigenvalue weighted by atomic mass is 9.91. The van der Waals surface area contributed by atoms with E-state index < -0.39 is 5.60 Å². The summed E-state index contributed by atoms with van der Waals surface area (Å²) >= 11 is 6.09. The predicted octanol–water partition coefficient (Wildman–Crippen LogP) is 2.30. The van der Waals surface area contributed by atoms with E-state index in [0.29, 0.717) is 28.8 Å². The highest BCUT2D eigenvalue weighted by Crippen LogP contribution is 2.42. The second-order valence-electron chi connectivity index (χ2n) is 9.76. The van der Waals surface area contributed by atoms with E-state index in [9.17, 15) is 9.90 Å². The lowest BCUT2D eigenvalue weighted by Crippen LogP contribution is -2.46. The Labute approximate surface area is 215 Å². The number of nitrogens with one attached hydrogen (secondary N) is 1. The van der Waals surface area contributed by atoms with Crippen molar-refractivity contribution in [1.82, 2.24) is 39.1 Å². The van der Waals surface area contributed by atoms with Gasteiger partial charge >= 0.3 is 0 Å². The van der Waals surface area contributed by atoms with Crippen molar-refractivity contribution in [2.24, 2.45) is 0 Å². The molecule has 7 rings (SSSR count). The van der Waals surface area contributed by atoms with Crippen LogP contribution in [-0.4, -0.2) is 58.0 Å². The fourth-order valence-electron chi connectivity index (χ4n) is 4.73. The summed E-state index contributed by atoms with van der Waals surface area (Å²) in [4.78, 5) is 21.8. The molecule has 37 heavy (non-hydrogen) atoms. The Morgan fingerprint density at radius 1 is 1.22 bits per heavy atom. The number of pyridine rings is 2. The summed E-state index contributed by atoms with van der Waals surface area (Å²) in [6.45, 7) is 1.09. The van der Waals surface area contributed by atoms with Crippen molar-refractivity contribution in [2.45, 2.75) is 37.5 Å². The molecule has 2 N–H and O–H groups in total. The highest BCUT2D eigenvalue weighted by atomic mass is 35.5. The lowest BCUT2D eigenvalue weighted by molar-refractivity contribution is -0.184. The molecule has 0 spiro atoms. The number of imidazole rings is 2. The number of carbonyl (C=O) groups is 1. The molecule has 0 aromatic carbocycles. The van der Waals surface area contributed by atoms with Crippen molar-refractivity contribution < 1.29 is 14.6 Å². The number of carbonyl (C=O) groups excluding carboxylic acids is 1. The van der Waals surface area contributed by atoms with Gasteiger partial charge < -0.3 is 24.0 Å². The monoisotopic (exact) mass is 518 g/mol. The molecule has 1 saturated carbocycles. The van der Waals surface area contributed by atoms with Crippen LogP contribution in [0.1, 0.15) is 51.8 Å². The van der Waals surface area contributed by atoms with Crippen LogP contribution in [0, 0.1) is 0 Å². The molecule has 1 aliphatic heterocycles. The maximum atomic E-state index is 12.7. The summed E-state index contributed by atoms with van der Waals surface area (Å²) < 4.78 is 10.7. The van der Waals surface area contributed by atoms with Gasteiger partial charge in [0.2, 0.25) is 0 Å². The Hall–Kier alpha value is -3.80. The van der Waals surface area contributed by atoms with Crippen LogP contribution in [0.4, 0.5) is 0 Å². The average molecular weight is 519 g/mol. The highest BCUT2D eigenvalue weighted by Gasteiger charge is 2.41. The average Bonchev–Trinajstić information content (AvgIpc) is 3.28. The molecule has 5 aromatic heterocycles. The third kappa shape index (κ3) is 4.05. The van der Waals surface area contributed by atoms with E-state index in [-0.39, 0.29) is 31.4 Å². The number of fused-ring (bicyclic) bond motifs is 2. The fraction of sp³-hybridized carbons (Fsp3) is 0.320. The zero-order valence-corrected chi connectivity index (χ0v) is 20.5. The maximum Gasteiger partial charge on any atom is 0.273 e. The number of rotatable bonds is 7. The van der Waals surface area contributed by atoms with Gasteiger partial charge in [-0.05, 0) is 42.5 Å². The molecule has 1 amide bonds. The van der Waals surface area contributed by atoms with E-state index in [4.69, 9.17) is 21.3 Å².